The molecule has 4 nitrogen and oxygen atoms in total. The molecule has 0 saturated carbocycles. The molecular weight excluding hydrogens is 201 g/mol. The zero-order valence-electron chi connectivity index (χ0n) is 5.88. The van der Waals surface area contributed by atoms with Crippen molar-refractivity contribution in [1.82, 2.24) is 0 Å². The first-order valence-electron chi connectivity index (χ1n) is 2.59. The maximum Gasteiger partial charge on any atom is 0.384 e. The number of alkyl halides is 2. The van der Waals surface area contributed by atoms with Gasteiger partial charge in [0.2, 0.25) is 0 Å². The summed E-state index contributed by atoms with van der Waals surface area (Å²) in [4.78, 5) is 10.1. The number of ether oxygens (including phenoxy) is 1. The van der Waals surface area contributed by atoms with E-state index in [4.69, 9.17) is 0 Å². The molecule has 12 heavy (non-hydrogen) atoms. The van der Waals surface area contributed by atoms with Gasteiger partial charge in [-0.25, -0.2) is 0 Å². The monoisotopic (exact) mass is 206 g/mol. The molecule has 0 rings (SSSR count). The second-order valence-corrected chi connectivity index (χ2v) is 3.30. The summed E-state index contributed by atoms with van der Waals surface area (Å²) in [6, 6.07) is 0. The van der Waals surface area contributed by atoms with Gasteiger partial charge in [-0.2, -0.15) is 17.2 Å². The number of carbonyl (C=O) groups excluding carboxylic acids is 1. The summed E-state index contributed by atoms with van der Waals surface area (Å²) in [5.41, 5.74) is 0. The van der Waals surface area contributed by atoms with Crippen LogP contribution in [-0.4, -0.2) is 26.8 Å². The molecule has 0 amide bonds. The van der Waals surface area contributed by atoms with Crippen LogP contribution in [0, 0.1) is 0 Å². The predicted molar refractivity (Wildman–Crippen MR) is 31.6 cm³/mol. The first kappa shape index (κ1) is 11.2. The van der Waals surface area contributed by atoms with Gasteiger partial charge in [-0.15, -0.1) is 0 Å². The number of rotatable bonds is 3. The molecule has 0 saturated heterocycles. The average molecular weight is 206 g/mol. The highest BCUT2D eigenvalue weighted by Gasteiger charge is 2.48. The summed E-state index contributed by atoms with van der Waals surface area (Å²) in [6.45, 7) is 0. The summed E-state index contributed by atoms with van der Waals surface area (Å²) in [7, 11) is -5.26. The molecule has 0 unspecified atom stereocenters. The molecule has 0 spiro atoms. The van der Waals surface area contributed by atoms with Crippen molar-refractivity contribution in [2.45, 2.75) is 11.7 Å². The van der Waals surface area contributed by atoms with Crippen LogP contribution in [0.25, 0.3) is 0 Å². The number of esters is 1. The summed E-state index contributed by atoms with van der Waals surface area (Å²) < 4.78 is 59.0. The maximum absolute atomic E-state index is 12.1. The Balaban J connectivity index is 4.56. The van der Waals surface area contributed by atoms with Crippen LogP contribution >= 0.6 is 0 Å². The molecule has 0 aliphatic carbocycles. The highest BCUT2D eigenvalue weighted by atomic mass is 32.3. The lowest BCUT2D eigenvalue weighted by molar-refractivity contribution is -0.144. The molecule has 0 aromatic heterocycles. The summed E-state index contributed by atoms with van der Waals surface area (Å²) in [6.07, 6.45) is -1.82. The average Bonchev–Trinajstić information content (AvgIpc) is 1.84. The van der Waals surface area contributed by atoms with E-state index < -0.39 is 27.9 Å². The minimum atomic E-state index is -6.04. The van der Waals surface area contributed by atoms with E-state index >= 15 is 0 Å². The van der Waals surface area contributed by atoms with Crippen molar-refractivity contribution in [2.24, 2.45) is 0 Å². The van der Waals surface area contributed by atoms with Gasteiger partial charge in [0.1, 0.15) is 6.42 Å². The molecule has 0 aliphatic rings. The summed E-state index contributed by atoms with van der Waals surface area (Å²) in [5, 5.41) is -4.71. The van der Waals surface area contributed by atoms with Crippen molar-refractivity contribution in [3.8, 4) is 0 Å². The van der Waals surface area contributed by atoms with Crippen LogP contribution in [0.3, 0.4) is 0 Å². The van der Waals surface area contributed by atoms with E-state index in [0.29, 0.717) is 0 Å². The Kier molecular flexibility index (Phi) is 3.08. The van der Waals surface area contributed by atoms with Crippen LogP contribution < -0.4 is 0 Å². The van der Waals surface area contributed by atoms with Gasteiger partial charge in [0, 0.05) is 0 Å². The second kappa shape index (κ2) is 3.30. The Morgan fingerprint density at radius 2 is 1.92 bits per heavy atom. The molecule has 0 bridgehead atoms. The topological polar surface area (TPSA) is 60.4 Å². The molecule has 0 aliphatic heterocycles. The third-order valence-corrected chi connectivity index (χ3v) is 1.79. The lowest BCUT2D eigenvalue weighted by Crippen LogP contribution is -2.28. The van der Waals surface area contributed by atoms with E-state index in [1.165, 1.54) is 0 Å². The zero-order valence-corrected chi connectivity index (χ0v) is 6.70. The molecular formula is C4H5F3O4S. The molecule has 0 heterocycles. The minimum Gasteiger partial charge on any atom is -0.469 e. The quantitative estimate of drug-likeness (QED) is 0.496. The van der Waals surface area contributed by atoms with Crippen LogP contribution in [0.4, 0.5) is 12.7 Å². The smallest absolute Gasteiger partial charge is 0.384 e. The third-order valence-electron chi connectivity index (χ3n) is 0.935. The van der Waals surface area contributed by atoms with Crippen molar-refractivity contribution >= 4 is 16.2 Å². The Bertz CT molecular complexity index is 270. The number of halogens is 3. The molecule has 0 aromatic rings. The van der Waals surface area contributed by atoms with E-state index in [1.54, 1.807) is 0 Å². The maximum atomic E-state index is 12.1. The fourth-order valence-electron chi connectivity index (χ4n) is 0.326. The molecule has 0 radical (unpaired) electrons. The zero-order chi connectivity index (χ0) is 9.99. The standard InChI is InChI=1S/C4H5F3O4S/c1-11-3(8)2-4(5,6)12(7,9)10/h2H2,1H3. The van der Waals surface area contributed by atoms with Crippen molar-refractivity contribution in [1.29, 1.82) is 0 Å². The highest BCUT2D eigenvalue weighted by molar-refractivity contribution is 7.87. The van der Waals surface area contributed by atoms with Gasteiger partial charge in [0.05, 0.1) is 7.11 Å². The highest BCUT2D eigenvalue weighted by Crippen LogP contribution is 2.27. The van der Waals surface area contributed by atoms with Crippen LogP contribution in [0.5, 0.6) is 0 Å². The summed E-state index contributed by atoms with van der Waals surface area (Å²) >= 11 is 0. The normalized spacial score (nSPS) is 12.7. The van der Waals surface area contributed by atoms with Crippen molar-refractivity contribution in [2.75, 3.05) is 7.11 Å². The second-order valence-electron chi connectivity index (χ2n) is 1.83. The lowest BCUT2D eigenvalue weighted by Gasteiger charge is -2.08. The SMILES string of the molecule is COC(=O)CC(F)(F)S(=O)(=O)F. The minimum absolute atomic E-state index is 0.781. The van der Waals surface area contributed by atoms with Crippen molar-refractivity contribution in [3.63, 3.8) is 0 Å². The van der Waals surface area contributed by atoms with E-state index in [9.17, 15) is 25.9 Å². The van der Waals surface area contributed by atoms with E-state index in [-0.39, 0.29) is 0 Å². The fraction of sp³-hybridized carbons (Fsp3) is 0.750. The van der Waals surface area contributed by atoms with Crippen molar-refractivity contribution < 1.29 is 30.6 Å². The van der Waals surface area contributed by atoms with Gasteiger partial charge in [-0.05, 0) is 0 Å². The van der Waals surface area contributed by atoms with Crippen LogP contribution in [0.15, 0.2) is 0 Å². The fourth-order valence-corrected chi connectivity index (χ4v) is 0.617. The van der Waals surface area contributed by atoms with E-state index in [2.05, 4.69) is 4.74 Å². The van der Waals surface area contributed by atoms with Gasteiger partial charge in [-0.1, -0.05) is 3.89 Å². The number of methoxy groups -OCH3 is 1. The lowest BCUT2D eigenvalue weighted by atomic mass is 10.4. The van der Waals surface area contributed by atoms with Gasteiger partial charge < -0.3 is 4.74 Å². The largest absolute Gasteiger partial charge is 0.469 e. The Morgan fingerprint density at radius 1 is 1.50 bits per heavy atom. The predicted octanol–water partition coefficient (Wildman–Crippen LogP) is 0.442. The molecule has 72 valence electrons. The van der Waals surface area contributed by atoms with Crippen molar-refractivity contribution in [3.05, 3.63) is 0 Å². The Labute approximate surface area is 66.5 Å². The van der Waals surface area contributed by atoms with Gasteiger partial charge in [0.25, 0.3) is 0 Å². The van der Waals surface area contributed by atoms with Gasteiger partial charge in [0.15, 0.2) is 0 Å². The first-order valence-corrected chi connectivity index (χ1v) is 3.98. The first-order chi connectivity index (χ1) is 5.20. The number of hydrogen-bond donors (Lipinski definition) is 0. The molecule has 0 atom stereocenters. The molecule has 0 aromatic carbocycles. The van der Waals surface area contributed by atoms with Gasteiger partial charge in [-0.3, -0.25) is 4.79 Å². The number of hydrogen-bond acceptors (Lipinski definition) is 4. The van der Waals surface area contributed by atoms with Gasteiger partial charge >= 0.3 is 21.4 Å². The van der Waals surface area contributed by atoms with E-state index in [0.717, 1.165) is 7.11 Å². The molecule has 0 fully saturated rings. The van der Waals surface area contributed by atoms with Crippen LogP contribution in [0.1, 0.15) is 6.42 Å². The number of carbonyl (C=O) groups is 1. The summed E-state index contributed by atoms with van der Waals surface area (Å²) in [5.74, 6) is -1.50. The molecule has 0 N–H and O–H groups in total. The van der Waals surface area contributed by atoms with Crippen LogP contribution in [-0.2, 0) is 19.8 Å². The molecule has 8 heteroatoms. The Hall–Kier alpha value is -0.790. The third kappa shape index (κ3) is 2.68. The van der Waals surface area contributed by atoms with Crippen LogP contribution in [0.2, 0.25) is 0 Å². The van der Waals surface area contributed by atoms with E-state index in [1.807, 2.05) is 0 Å². The Morgan fingerprint density at radius 3 is 2.17 bits per heavy atom.